The summed E-state index contributed by atoms with van der Waals surface area (Å²) in [7, 11) is 0. The third kappa shape index (κ3) is 7.04. The van der Waals surface area contributed by atoms with Gasteiger partial charge in [0.15, 0.2) is 5.17 Å². The van der Waals surface area contributed by atoms with E-state index in [2.05, 4.69) is 10.3 Å². The van der Waals surface area contributed by atoms with Crippen molar-refractivity contribution in [1.82, 2.24) is 4.90 Å². The molecule has 38 heavy (non-hydrogen) atoms. The van der Waals surface area contributed by atoms with Gasteiger partial charge in [-0.25, -0.2) is 4.99 Å². The summed E-state index contributed by atoms with van der Waals surface area (Å²) in [5, 5.41) is 2.34. The molecular weight excluding hydrogens is 511 g/mol. The van der Waals surface area contributed by atoms with Gasteiger partial charge in [-0.05, 0) is 62.1 Å². The Morgan fingerprint density at radius 3 is 2.53 bits per heavy atom. The van der Waals surface area contributed by atoms with E-state index < -0.39 is 17.0 Å². The van der Waals surface area contributed by atoms with Crippen molar-refractivity contribution in [1.29, 1.82) is 0 Å². The van der Waals surface area contributed by atoms with Crippen LogP contribution >= 0.6 is 11.8 Å². The van der Waals surface area contributed by atoms with E-state index >= 15 is 0 Å². The molecule has 0 aliphatic carbocycles. The molecule has 1 saturated heterocycles. The molecule has 4 rings (SSSR count). The van der Waals surface area contributed by atoms with Crippen LogP contribution in [0.1, 0.15) is 35.1 Å². The number of aryl methyl sites for hydroxylation is 3. The fraction of sp³-hybridized carbons (Fsp3) is 0.276. The van der Waals surface area contributed by atoms with Gasteiger partial charge in [-0.1, -0.05) is 65.9 Å². The van der Waals surface area contributed by atoms with Gasteiger partial charge in [0.1, 0.15) is 5.25 Å². The Hall–Kier alpha value is -3.59. The first-order valence-corrected chi connectivity index (χ1v) is 13.1. The fourth-order valence-electron chi connectivity index (χ4n) is 4.18. The average molecular weight is 540 g/mol. The highest BCUT2D eigenvalue weighted by Gasteiger charge is 2.36. The van der Waals surface area contributed by atoms with Crippen LogP contribution in [-0.2, 0) is 22.2 Å². The van der Waals surface area contributed by atoms with Crippen molar-refractivity contribution in [3.8, 4) is 0 Å². The number of nitrogens with one attached hydrogen (secondary N) is 1. The molecule has 0 radical (unpaired) electrons. The number of alkyl halides is 3. The molecule has 1 fully saturated rings. The van der Waals surface area contributed by atoms with E-state index in [0.717, 1.165) is 47.0 Å². The maximum atomic E-state index is 13.3. The lowest BCUT2D eigenvalue weighted by molar-refractivity contribution is -0.137. The molecule has 1 N–H and O–H groups in total. The predicted molar refractivity (Wildman–Crippen MR) is 146 cm³/mol. The largest absolute Gasteiger partial charge is 0.416 e. The van der Waals surface area contributed by atoms with Crippen LogP contribution < -0.4 is 5.32 Å². The Labute approximate surface area is 224 Å². The normalized spacial score (nSPS) is 17.1. The molecule has 0 spiro atoms. The van der Waals surface area contributed by atoms with E-state index in [4.69, 9.17) is 0 Å². The van der Waals surface area contributed by atoms with Crippen LogP contribution in [0, 0.1) is 13.8 Å². The van der Waals surface area contributed by atoms with Crippen LogP contribution in [0.5, 0.6) is 0 Å². The highest BCUT2D eigenvalue weighted by Crippen LogP contribution is 2.34. The zero-order chi connectivity index (χ0) is 27.3. The lowest BCUT2D eigenvalue weighted by Crippen LogP contribution is -2.45. The Kier molecular flexibility index (Phi) is 8.56. The summed E-state index contributed by atoms with van der Waals surface area (Å²) in [6, 6.07) is 20.1. The summed E-state index contributed by atoms with van der Waals surface area (Å²) >= 11 is 1.10. The molecule has 0 aromatic heterocycles. The maximum Gasteiger partial charge on any atom is 0.416 e. The second kappa shape index (κ2) is 11.9. The summed E-state index contributed by atoms with van der Waals surface area (Å²) in [6.45, 7) is 4.18. The molecule has 1 unspecified atom stereocenters. The van der Waals surface area contributed by atoms with Crippen molar-refractivity contribution in [2.24, 2.45) is 4.99 Å². The monoisotopic (exact) mass is 539 g/mol. The van der Waals surface area contributed by atoms with Gasteiger partial charge >= 0.3 is 6.18 Å². The molecule has 0 saturated carbocycles. The van der Waals surface area contributed by atoms with E-state index in [1.54, 1.807) is 0 Å². The molecule has 198 valence electrons. The molecule has 1 aliphatic rings. The molecule has 1 atom stereocenters. The topological polar surface area (TPSA) is 61.8 Å². The number of benzene rings is 3. The lowest BCUT2D eigenvalue weighted by atomic mass is 10.1. The maximum absolute atomic E-state index is 13.3. The number of carbonyl (C=O) groups is 2. The first-order chi connectivity index (χ1) is 18.1. The summed E-state index contributed by atoms with van der Waals surface area (Å²) in [4.78, 5) is 32.3. The number of hydrogen-bond acceptors (Lipinski definition) is 4. The first kappa shape index (κ1) is 27.4. The van der Waals surface area contributed by atoms with Crippen LogP contribution in [0.3, 0.4) is 0 Å². The number of hydrogen-bond donors (Lipinski definition) is 1. The number of nitrogens with zero attached hydrogens (tertiary/aromatic N) is 2. The van der Waals surface area contributed by atoms with Gasteiger partial charge in [0.25, 0.3) is 0 Å². The van der Waals surface area contributed by atoms with Crippen LogP contribution in [0.4, 0.5) is 24.5 Å². The van der Waals surface area contributed by atoms with Crippen molar-refractivity contribution < 1.29 is 22.8 Å². The predicted octanol–water partition coefficient (Wildman–Crippen LogP) is 6.92. The van der Waals surface area contributed by atoms with Crippen LogP contribution in [0.25, 0.3) is 0 Å². The Bertz CT molecular complexity index is 1340. The molecule has 1 aliphatic heterocycles. The van der Waals surface area contributed by atoms with Gasteiger partial charge in [-0.2, -0.15) is 13.2 Å². The van der Waals surface area contributed by atoms with E-state index in [9.17, 15) is 22.8 Å². The van der Waals surface area contributed by atoms with Gasteiger partial charge in [0.05, 0.1) is 11.3 Å². The van der Waals surface area contributed by atoms with Crippen molar-refractivity contribution in [2.75, 3.05) is 11.9 Å². The number of carbonyl (C=O) groups excluding carboxylic acids is 2. The first-order valence-electron chi connectivity index (χ1n) is 12.2. The molecule has 3 aromatic rings. The van der Waals surface area contributed by atoms with Crippen LogP contribution in [-0.4, -0.2) is 33.7 Å². The highest BCUT2D eigenvalue weighted by molar-refractivity contribution is 8.15. The number of rotatable bonds is 7. The van der Waals surface area contributed by atoms with Gasteiger partial charge in [0.2, 0.25) is 11.8 Å². The zero-order valence-corrected chi connectivity index (χ0v) is 21.9. The van der Waals surface area contributed by atoms with E-state index in [1.807, 2.05) is 62.4 Å². The van der Waals surface area contributed by atoms with E-state index in [1.165, 1.54) is 17.0 Å². The van der Waals surface area contributed by atoms with Crippen LogP contribution in [0.2, 0.25) is 0 Å². The van der Waals surface area contributed by atoms with E-state index in [0.29, 0.717) is 18.7 Å². The summed E-state index contributed by atoms with van der Waals surface area (Å²) < 4.78 is 39.8. The third-order valence-electron chi connectivity index (χ3n) is 6.16. The Morgan fingerprint density at radius 2 is 1.82 bits per heavy atom. The Morgan fingerprint density at radius 1 is 1.05 bits per heavy atom. The smallest absolute Gasteiger partial charge is 0.325 e. The molecule has 3 aromatic carbocycles. The van der Waals surface area contributed by atoms with Crippen molar-refractivity contribution in [3.63, 3.8) is 0 Å². The van der Waals surface area contributed by atoms with Gasteiger partial charge < -0.3 is 5.32 Å². The quantitative estimate of drug-likeness (QED) is 0.355. The third-order valence-corrected chi connectivity index (χ3v) is 7.35. The summed E-state index contributed by atoms with van der Waals surface area (Å²) in [6.07, 6.45) is -3.19. The lowest BCUT2D eigenvalue weighted by Gasteiger charge is -2.32. The molecule has 9 heteroatoms. The molecular formula is C29H28F3N3O2S. The van der Waals surface area contributed by atoms with Gasteiger partial charge in [0, 0.05) is 18.7 Å². The highest BCUT2D eigenvalue weighted by atomic mass is 32.2. The number of anilines is 1. The number of thioether (sulfide) groups is 1. The van der Waals surface area contributed by atoms with Gasteiger partial charge in [-0.3, -0.25) is 14.5 Å². The minimum absolute atomic E-state index is 0.0334. The SMILES string of the molecule is Cc1ccc(NC(=O)C2CC(=O)N(CCCc3ccccc3)C(=Nc3cccc(C(F)(F)F)c3)S2)c(C)c1. The minimum atomic E-state index is -4.52. The average Bonchev–Trinajstić information content (AvgIpc) is 2.87. The van der Waals surface area contributed by atoms with Crippen molar-refractivity contribution >= 4 is 40.1 Å². The van der Waals surface area contributed by atoms with Crippen molar-refractivity contribution in [3.05, 3.63) is 95.1 Å². The summed E-state index contributed by atoms with van der Waals surface area (Å²) in [5.41, 5.74) is 2.96. The molecule has 5 nitrogen and oxygen atoms in total. The van der Waals surface area contributed by atoms with Crippen molar-refractivity contribution in [2.45, 2.75) is 44.5 Å². The molecule has 1 heterocycles. The Balaban J connectivity index is 1.57. The zero-order valence-electron chi connectivity index (χ0n) is 21.1. The summed E-state index contributed by atoms with van der Waals surface area (Å²) in [5.74, 6) is -0.640. The van der Waals surface area contributed by atoms with Crippen LogP contribution in [0.15, 0.2) is 77.8 Å². The van der Waals surface area contributed by atoms with E-state index in [-0.39, 0.29) is 29.1 Å². The molecule has 2 amide bonds. The fourth-order valence-corrected chi connectivity index (χ4v) is 5.30. The second-order valence-electron chi connectivity index (χ2n) is 9.20. The number of halogens is 3. The number of amidine groups is 1. The minimum Gasteiger partial charge on any atom is -0.325 e. The standard InChI is InChI=1S/C29H28F3N3O2S/c1-19-13-14-24(20(2)16-19)34-27(37)25-18-26(36)35(15-7-10-21-8-4-3-5-9-21)28(38-25)33-23-12-6-11-22(17-23)29(30,31)32/h3-6,8-9,11-14,16-17,25H,7,10,15,18H2,1-2H3,(H,34,37). The molecule has 0 bridgehead atoms. The number of aliphatic imine (C=N–C) groups is 1. The number of amides is 2. The second-order valence-corrected chi connectivity index (χ2v) is 10.4. The van der Waals surface area contributed by atoms with Gasteiger partial charge in [-0.15, -0.1) is 0 Å².